The normalized spacial score (nSPS) is 12.3. The Morgan fingerprint density at radius 3 is 1.20 bits per heavy atom. The van der Waals surface area contributed by atoms with Crippen LogP contribution in [0.25, 0.3) is 0 Å². The van der Waals surface area contributed by atoms with Gasteiger partial charge in [-0.25, -0.2) is 0 Å². The standard InChI is InChI=1S/C22H24N2O6/c1-13-5-9-17(10-6-13)23-21(27)19(29-15(3)25)20(30-16(4)26)22(28)24-18-11-7-14(2)8-12-18/h5-12,19-20H,1-4H3,(H,23,27)(H,24,28)/t19-,20-/m0/s1. The van der Waals surface area contributed by atoms with E-state index < -0.39 is 36.0 Å². The molecule has 0 unspecified atom stereocenters. The van der Waals surface area contributed by atoms with Gasteiger partial charge in [0.2, 0.25) is 12.2 Å². The van der Waals surface area contributed by atoms with E-state index in [1.165, 1.54) is 0 Å². The van der Waals surface area contributed by atoms with Crippen molar-refractivity contribution in [3.63, 3.8) is 0 Å². The number of rotatable bonds is 7. The topological polar surface area (TPSA) is 111 Å². The van der Waals surface area contributed by atoms with Gasteiger partial charge in [0.1, 0.15) is 0 Å². The van der Waals surface area contributed by atoms with Crippen molar-refractivity contribution in [2.24, 2.45) is 0 Å². The SMILES string of the molecule is CC(=O)O[C@H](C(=O)Nc1ccc(C)cc1)[C@H](OC(C)=O)C(=O)Nc1ccc(C)cc1. The molecule has 0 aromatic heterocycles. The molecule has 158 valence electrons. The summed E-state index contributed by atoms with van der Waals surface area (Å²) >= 11 is 0. The van der Waals surface area contributed by atoms with E-state index in [9.17, 15) is 19.2 Å². The third-order valence-electron chi connectivity index (χ3n) is 4.02. The summed E-state index contributed by atoms with van der Waals surface area (Å²) in [4.78, 5) is 48.8. The molecule has 0 radical (unpaired) electrons. The van der Waals surface area contributed by atoms with E-state index in [2.05, 4.69) is 10.6 Å². The Morgan fingerprint density at radius 1 is 0.633 bits per heavy atom. The Balaban J connectivity index is 2.28. The van der Waals surface area contributed by atoms with Crippen LogP contribution in [0.2, 0.25) is 0 Å². The summed E-state index contributed by atoms with van der Waals surface area (Å²) in [6.07, 6.45) is -3.36. The third kappa shape index (κ3) is 6.73. The molecular formula is C22H24N2O6. The van der Waals surface area contributed by atoms with Gasteiger partial charge in [0, 0.05) is 25.2 Å². The molecule has 8 heteroatoms. The summed E-state index contributed by atoms with van der Waals surface area (Å²) in [6.45, 7) is 5.96. The molecule has 2 aromatic rings. The van der Waals surface area contributed by atoms with Crippen molar-refractivity contribution >= 4 is 35.1 Å². The van der Waals surface area contributed by atoms with Crippen LogP contribution in [0.4, 0.5) is 11.4 Å². The predicted molar refractivity (Wildman–Crippen MR) is 111 cm³/mol. The molecule has 0 saturated carbocycles. The van der Waals surface area contributed by atoms with Crippen molar-refractivity contribution < 1.29 is 28.7 Å². The Bertz CT molecular complexity index is 844. The lowest BCUT2D eigenvalue weighted by atomic mass is 10.1. The summed E-state index contributed by atoms with van der Waals surface area (Å²) in [5, 5.41) is 5.13. The van der Waals surface area contributed by atoms with Crippen LogP contribution in [0.15, 0.2) is 48.5 Å². The number of hydrogen-bond donors (Lipinski definition) is 2. The fraction of sp³-hybridized carbons (Fsp3) is 0.273. The zero-order valence-electron chi connectivity index (χ0n) is 17.2. The molecule has 0 heterocycles. The van der Waals surface area contributed by atoms with Crippen molar-refractivity contribution in [1.29, 1.82) is 0 Å². The zero-order valence-corrected chi connectivity index (χ0v) is 17.2. The van der Waals surface area contributed by atoms with Crippen LogP contribution >= 0.6 is 0 Å². The number of aryl methyl sites for hydroxylation is 2. The monoisotopic (exact) mass is 412 g/mol. The Labute approximate surface area is 174 Å². The van der Waals surface area contributed by atoms with Gasteiger partial charge in [-0.3, -0.25) is 19.2 Å². The Hall–Kier alpha value is -3.68. The number of benzene rings is 2. The average molecular weight is 412 g/mol. The molecule has 0 bridgehead atoms. The maximum Gasteiger partial charge on any atom is 0.303 e. The van der Waals surface area contributed by atoms with Crippen molar-refractivity contribution in [3.05, 3.63) is 59.7 Å². The summed E-state index contributed by atoms with van der Waals surface area (Å²) in [5.74, 6) is -3.22. The van der Waals surface area contributed by atoms with E-state index in [1.807, 2.05) is 13.8 Å². The summed E-state index contributed by atoms with van der Waals surface area (Å²) in [5.41, 5.74) is 2.84. The van der Waals surface area contributed by atoms with Crippen LogP contribution in [-0.4, -0.2) is 36.0 Å². The molecular weight excluding hydrogens is 388 g/mol. The maximum absolute atomic E-state index is 12.8. The van der Waals surface area contributed by atoms with Gasteiger partial charge in [-0.15, -0.1) is 0 Å². The van der Waals surface area contributed by atoms with Gasteiger partial charge in [0.15, 0.2) is 0 Å². The van der Waals surface area contributed by atoms with Crippen LogP contribution in [-0.2, 0) is 28.7 Å². The van der Waals surface area contributed by atoms with E-state index in [0.29, 0.717) is 11.4 Å². The summed E-state index contributed by atoms with van der Waals surface area (Å²) in [7, 11) is 0. The molecule has 30 heavy (non-hydrogen) atoms. The molecule has 8 nitrogen and oxygen atoms in total. The van der Waals surface area contributed by atoms with E-state index in [4.69, 9.17) is 9.47 Å². The van der Waals surface area contributed by atoms with Crippen LogP contribution < -0.4 is 10.6 Å². The highest BCUT2D eigenvalue weighted by molar-refractivity contribution is 6.03. The molecule has 2 rings (SSSR count). The molecule has 0 aliphatic heterocycles. The predicted octanol–water partition coefficient (Wildman–Crippen LogP) is 2.74. The lowest BCUT2D eigenvalue weighted by Gasteiger charge is -2.24. The smallest absolute Gasteiger partial charge is 0.303 e. The number of ether oxygens (including phenoxy) is 2. The minimum Gasteiger partial charge on any atom is -0.448 e. The minimum absolute atomic E-state index is 0.434. The second-order valence-electron chi connectivity index (χ2n) is 6.77. The molecule has 2 N–H and O–H groups in total. The van der Waals surface area contributed by atoms with Crippen molar-refractivity contribution in [1.82, 2.24) is 0 Å². The molecule has 0 saturated heterocycles. The lowest BCUT2D eigenvalue weighted by Crippen LogP contribution is -2.49. The molecule has 0 spiro atoms. The van der Waals surface area contributed by atoms with Gasteiger partial charge in [-0.2, -0.15) is 0 Å². The van der Waals surface area contributed by atoms with Crippen molar-refractivity contribution in [3.8, 4) is 0 Å². The molecule has 0 aliphatic carbocycles. The molecule has 2 amide bonds. The van der Waals surface area contributed by atoms with Gasteiger partial charge in [0.25, 0.3) is 11.8 Å². The quantitative estimate of drug-likeness (QED) is 0.677. The number of carbonyl (C=O) groups is 4. The van der Waals surface area contributed by atoms with Gasteiger partial charge in [0.05, 0.1) is 0 Å². The summed E-state index contributed by atoms with van der Waals surface area (Å²) in [6, 6.07) is 13.8. The lowest BCUT2D eigenvalue weighted by molar-refractivity contribution is -0.171. The van der Waals surface area contributed by atoms with Gasteiger partial charge in [-0.1, -0.05) is 35.4 Å². The Kier molecular flexibility index (Phi) is 7.69. The van der Waals surface area contributed by atoms with E-state index in [0.717, 1.165) is 25.0 Å². The van der Waals surface area contributed by atoms with Gasteiger partial charge < -0.3 is 20.1 Å². The van der Waals surface area contributed by atoms with Crippen LogP contribution in [0, 0.1) is 13.8 Å². The van der Waals surface area contributed by atoms with Crippen molar-refractivity contribution in [2.75, 3.05) is 10.6 Å². The average Bonchev–Trinajstić information content (AvgIpc) is 2.67. The van der Waals surface area contributed by atoms with Gasteiger partial charge in [-0.05, 0) is 38.1 Å². The first-order valence-corrected chi connectivity index (χ1v) is 9.25. The first-order chi connectivity index (χ1) is 14.2. The van der Waals surface area contributed by atoms with Crippen molar-refractivity contribution in [2.45, 2.75) is 39.9 Å². The van der Waals surface area contributed by atoms with Crippen LogP contribution in [0.5, 0.6) is 0 Å². The van der Waals surface area contributed by atoms with Crippen LogP contribution in [0.1, 0.15) is 25.0 Å². The number of anilines is 2. The van der Waals surface area contributed by atoms with E-state index in [-0.39, 0.29) is 0 Å². The second kappa shape index (κ2) is 10.2. The number of carbonyl (C=O) groups excluding carboxylic acids is 4. The summed E-state index contributed by atoms with van der Waals surface area (Å²) < 4.78 is 10.1. The highest BCUT2D eigenvalue weighted by Gasteiger charge is 2.39. The first-order valence-electron chi connectivity index (χ1n) is 9.25. The Morgan fingerprint density at radius 2 is 0.933 bits per heavy atom. The maximum atomic E-state index is 12.8. The fourth-order valence-electron chi connectivity index (χ4n) is 2.56. The fourth-order valence-corrected chi connectivity index (χ4v) is 2.56. The van der Waals surface area contributed by atoms with Crippen LogP contribution in [0.3, 0.4) is 0 Å². The number of hydrogen-bond acceptors (Lipinski definition) is 6. The zero-order chi connectivity index (χ0) is 22.3. The number of amides is 2. The molecule has 0 aliphatic rings. The minimum atomic E-state index is -1.68. The largest absolute Gasteiger partial charge is 0.448 e. The highest BCUT2D eigenvalue weighted by atomic mass is 16.6. The third-order valence-corrected chi connectivity index (χ3v) is 4.02. The second-order valence-corrected chi connectivity index (χ2v) is 6.77. The first kappa shape index (κ1) is 22.6. The highest BCUT2D eigenvalue weighted by Crippen LogP contribution is 2.16. The molecule has 2 aromatic carbocycles. The van der Waals surface area contributed by atoms with E-state index >= 15 is 0 Å². The number of esters is 2. The number of nitrogens with one attached hydrogen (secondary N) is 2. The van der Waals surface area contributed by atoms with E-state index in [1.54, 1.807) is 48.5 Å². The molecule has 2 atom stereocenters. The molecule has 0 fully saturated rings. The van der Waals surface area contributed by atoms with Gasteiger partial charge >= 0.3 is 11.9 Å².